The normalized spacial score (nSPS) is 24.0. The van der Waals surface area contributed by atoms with Crippen molar-refractivity contribution in [3.05, 3.63) is 89.0 Å². The molecule has 0 unspecified atom stereocenters. The number of hydrogen-bond donors (Lipinski definition) is 1. The first kappa shape index (κ1) is 19.3. The number of rotatable bonds is 4. The lowest BCUT2D eigenvalue weighted by Gasteiger charge is -2.47. The van der Waals surface area contributed by atoms with Crippen molar-refractivity contribution in [1.29, 1.82) is 0 Å². The van der Waals surface area contributed by atoms with E-state index in [0.29, 0.717) is 6.42 Å². The topological polar surface area (TPSA) is 38.0 Å². The Morgan fingerprint density at radius 1 is 1.17 bits per heavy atom. The minimum absolute atomic E-state index is 0.0594. The molecule has 1 aromatic heterocycles. The van der Waals surface area contributed by atoms with E-state index in [1.54, 1.807) is 12.1 Å². The summed E-state index contributed by atoms with van der Waals surface area (Å²) in [5.74, 6) is -0.0201. The molecule has 1 fully saturated rings. The maximum Gasteiger partial charge on any atom is 0.123 e. The summed E-state index contributed by atoms with van der Waals surface area (Å²) in [6, 6.07) is 16.7. The highest BCUT2D eigenvalue weighted by Crippen LogP contribution is 2.52. The van der Waals surface area contributed by atoms with Crippen LogP contribution in [0.5, 0.6) is 0 Å². The zero-order valence-electron chi connectivity index (χ0n) is 17.3. The van der Waals surface area contributed by atoms with Gasteiger partial charge in [0.15, 0.2) is 0 Å². The number of aliphatic hydroxyl groups is 1. The van der Waals surface area contributed by atoms with Crippen LogP contribution in [-0.2, 0) is 12.8 Å². The van der Waals surface area contributed by atoms with E-state index in [4.69, 9.17) is 0 Å². The van der Waals surface area contributed by atoms with Gasteiger partial charge in [-0.15, -0.1) is 0 Å². The molecule has 30 heavy (non-hydrogen) atoms. The van der Waals surface area contributed by atoms with Crippen LogP contribution in [0, 0.1) is 17.2 Å². The Labute approximate surface area is 176 Å². The summed E-state index contributed by atoms with van der Waals surface area (Å²) in [7, 11) is 0. The Balaban J connectivity index is 1.46. The highest BCUT2D eigenvalue weighted by Gasteiger charge is 2.46. The summed E-state index contributed by atoms with van der Waals surface area (Å²) in [6.07, 6.45) is 8.61. The molecule has 0 bridgehead atoms. The second kappa shape index (κ2) is 7.51. The number of aliphatic hydroxyl groups excluding tert-OH is 1. The van der Waals surface area contributed by atoms with Gasteiger partial charge in [-0.05, 0) is 84.9 Å². The third-order valence-corrected chi connectivity index (χ3v) is 7.09. The molecule has 2 aromatic carbocycles. The number of allylic oxidation sites excluding steroid dienone is 1. The minimum Gasteiger partial charge on any atom is -0.392 e. The van der Waals surface area contributed by atoms with Gasteiger partial charge in [0.2, 0.25) is 0 Å². The quantitative estimate of drug-likeness (QED) is 0.638. The zero-order valence-corrected chi connectivity index (χ0v) is 17.3. The van der Waals surface area contributed by atoms with Gasteiger partial charge in [-0.3, -0.25) is 0 Å². The molecule has 0 spiro atoms. The molecule has 2 aliphatic carbocycles. The van der Waals surface area contributed by atoms with Crippen molar-refractivity contribution < 1.29 is 9.50 Å². The molecule has 0 amide bonds. The largest absolute Gasteiger partial charge is 0.392 e. The molecule has 4 heteroatoms. The fourth-order valence-corrected chi connectivity index (χ4v) is 5.48. The molecule has 1 N–H and O–H groups in total. The number of nitrogens with zero attached hydrogens (tertiary/aromatic N) is 2. The Hall–Kier alpha value is -2.72. The van der Waals surface area contributed by atoms with Gasteiger partial charge in [-0.1, -0.05) is 42.8 Å². The zero-order chi connectivity index (χ0) is 20.7. The first-order chi connectivity index (χ1) is 14.5. The van der Waals surface area contributed by atoms with Crippen LogP contribution in [0.4, 0.5) is 4.39 Å². The van der Waals surface area contributed by atoms with Crippen molar-refractivity contribution in [2.45, 2.75) is 45.1 Å². The van der Waals surface area contributed by atoms with Gasteiger partial charge in [0.25, 0.3) is 0 Å². The summed E-state index contributed by atoms with van der Waals surface area (Å²) in [4.78, 5) is 0. The van der Waals surface area contributed by atoms with Crippen LogP contribution in [-0.4, -0.2) is 21.0 Å². The average molecular weight is 403 g/mol. The monoisotopic (exact) mass is 402 g/mol. The van der Waals surface area contributed by atoms with Crippen LogP contribution in [0.3, 0.4) is 0 Å². The Morgan fingerprint density at radius 2 is 1.93 bits per heavy atom. The van der Waals surface area contributed by atoms with Gasteiger partial charge in [0.1, 0.15) is 5.82 Å². The molecule has 0 saturated heterocycles. The molecule has 3 atom stereocenters. The lowest BCUT2D eigenvalue weighted by Crippen LogP contribution is -2.43. The van der Waals surface area contributed by atoms with Crippen LogP contribution >= 0.6 is 0 Å². The number of benzene rings is 2. The number of fused-ring (bicyclic) bond motifs is 2. The van der Waals surface area contributed by atoms with Gasteiger partial charge in [0, 0.05) is 0 Å². The minimum atomic E-state index is -0.366. The van der Waals surface area contributed by atoms with Crippen molar-refractivity contribution in [3.63, 3.8) is 0 Å². The van der Waals surface area contributed by atoms with Gasteiger partial charge in [-0.2, -0.15) is 5.10 Å². The maximum atomic E-state index is 13.3. The molecule has 3 aromatic rings. The van der Waals surface area contributed by atoms with E-state index < -0.39 is 0 Å². The highest BCUT2D eigenvalue weighted by atomic mass is 19.1. The lowest BCUT2D eigenvalue weighted by molar-refractivity contribution is 0.0234. The van der Waals surface area contributed by atoms with Gasteiger partial charge < -0.3 is 5.11 Å². The van der Waals surface area contributed by atoms with Crippen molar-refractivity contribution in [2.24, 2.45) is 11.3 Å². The first-order valence-electron chi connectivity index (χ1n) is 10.8. The van der Waals surface area contributed by atoms with E-state index in [1.807, 2.05) is 29.1 Å². The van der Waals surface area contributed by atoms with Crippen molar-refractivity contribution in [3.8, 4) is 5.69 Å². The molecule has 5 rings (SSSR count). The van der Waals surface area contributed by atoms with Crippen LogP contribution in [0.2, 0.25) is 0 Å². The van der Waals surface area contributed by atoms with Gasteiger partial charge in [0.05, 0.1) is 23.7 Å². The summed E-state index contributed by atoms with van der Waals surface area (Å²) in [6.45, 7) is 2.31. The molecule has 3 nitrogen and oxygen atoms in total. The second-order valence-corrected chi connectivity index (χ2v) is 8.96. The number of halogens is 1. The fourth-order valence-electron chi connectivity index (χ4n) is 5.48. The van der Waals surface area contributed by atoms with Gasteiger partial charge in [-0.25, -0.2) is 9.07 Å². The number of aromatic nitrogens is 2. The molecule has 1 saturated carbocycles. The van der Waals surface area contributed by atoms with Crippen molar-refractivity contribution >= 4 is 6.08 Å². The van der Waals surface area contributed by atoms with Crippen molar-refractivity contribution in [2.75, 3.05) is 0 Å². The Bertz CT molecular complexity index is 1070. The summed E-state index contributed by atoms with van der Waals surface area (Å²) in [5, 5.41) is 15.8. The van der Waals surface area contributed by atoms with Crippen LogP contribution in [0.25, 0.3) is 11.8 Å². The van der Waals surface area contributed by atoms with E-state index in [9.17, 15) is 9.50 Å². The highest BCUT2D eigenvalue weighted by molar-refractivity contribution is 5.61. The van der Waals surface area contributed by atoms with Crippen LogP contribution < -0.4 is 0 Å². The van der Waals surface area contributed by atoms with Gasteiger partial charge >= 0.3 is 0 Å². The third kappa shape index (κ3) is 3.29. The smallest absolute Gasteiger partial charge is 0.123 e. The van der Waals surface area contributed by atoms with Crippen LogP contribution in [0.15, 0.2) is 66.4 Å². The summed E-state index contributed by atoms with van der Waals surface area (Å²) < 4.78 is 15.3. The third-order valence-electron chi connectivity index (χ3n) is 7.09. The van der Waals surface area contributed by atoms with Crippen LogP contribution in [0.1, 0.15) is 43.0 Å². The molecular formula is C26H27FN2O. The molecule has 154 valence electrons. The Kier molecular flexibility index (Phi) is 4.82. The molecular weight excluding hydrogens is 375 g/mol. The summed E-state index contributed by atoms with van der Waals surface area (Å²) >= 11 is 0. The maximum absolute atomic E-state index is 13.3. The molecule has 0 aliphatic heterocycles. The Morgan fingerprint density at radius 3 is 2.70 bits per heavy atom. The first-order valence-corrected chi connectivity index (χ1v) is 10.8. The lowest BCUT2D eigenvalue weighted by atomic mass is 9.58. The van der Waals surface area contributed by atoms with Crippen molar-refractivity contribution in [1.82, 2.24) is 9.78 Å². The summed E-state index contributed by atoms with van der Waals surface area (Å²) in [5.41, 5.74) is 5.69. The molecule has 1 heterocycles. The average Bonchev–Trinajstić information content (AvgIpc) is 3.14. The van der Waals surface area contributed by atoms with E-state index in [-0.39, 0.29) is 23.3 Å². The fraction of sp³-hybridized carbons (Fsp3) is 0.346. The predicted octanol–water partition coefficient (Wildman–Crippen LogP) is 5.36. The van der Waals surface area contributed by atoms with E-state index >= 15 is 0 Å². The van der Waals surface area contributed by atoms with E-state index in [1.165, 1.54) is 28.8 Å². The SMILES string of the molecule is C[C@]12Cc3cnn(-c4ccc(F)cc4)c3C=C1CCC[C@@H]2[C@@H](O)Cc1ccccc1. The molecule has 0 radical (unpaired) electrons. The molecule has 2 aliphatic rings. The predicted molar refractivity (Wildman–Crippen MR) is 117 cm³/mol. The van der Waals surface area contributed by atoms with E-state index in [2.05, 4.69) is 30.2 Å². The second-order valence-electron chi connectivity index (χ2n) is 8.96. The number of hydrogen-bond acceptors (Lipinski definition) is 2. The van der Waals surface area contributed by atoms with E-state index in [0.717, 1.165) is 37.1 Å². The standard InChI is InChI=1S/C26H27FN2O/c1-26-16-19-17-28-29(22-12-10-21(27)11-13-22)24(19)15-20(26)8-5-9-23(26)25(30)14-18-6-3-2-4-7-18/h2-4,6-7,10-13,15,17,23,25,30H,5,8-9,14,16H2,1H3/t23-,25+,26+/m1/s1.